The number of hydrogen-bond acceptors (Lipinski definition) is 3. The summed E-state index contributed by atoms with van der Waals surface area (Å²) in [4.78, 5) is 10.9. The van der Waals surface area contributed by atoms with Crippen molar-refractivity contribution in [3.63, 3.8) is 0 Å². The molecule has 4 heteroatoms. The fraction of sp³-hybridized carbons (Fsp3) is 0.300. The highest BCUT2D eigenvalue weighted by molar-refractivity contribution is 5.91. The monoisotopic (exact) mass is 192 g/mol. The van der Waals surface area contributed by atoms with Crippen LogP contribution in [-0.4, -0.2) is 17.6 Å². The third kappa shape index (κ3) is 1.33. The maximum Gasteiger partial charge on any atom is 0.336 e. The first-order valence-electron chi connectivity index (χ1n) is 4.56. The molecular weight excluding hydrogens is 180 g/mol. The Morgan fingerprint density at radius 1 is 1.57 bits per heavy atom. The Labute approximate surface area is 81.7 Å². The van der Waals surface area contributed by atoms with Crippen LogP contribution in [0.5, 0.6) is 0 Å². The van der Waals surface area contributed by atoms with Crippen molar-refractivity contribution in [2.24, 2.45) is 5.73 Å². The van der Waals surface area contributed by atoms with Crippen LogP contribution in [0.4, 0.5) is 5.69 Å². The fourth-order valence-electron chi connectivity index (χ4n) is 1.81. The van der Waals surface area contributed by atoms with Crippen molar-refractivity contribution in [3.8, 4) is 0 Å². The summed E-state index contributed by atoms with van der Waals surface area (Å²) in [5.41, 5.74) is 7.77. The number of carboxylic acids is 1. The van der Waals surface area contributed by atoms with Crippen molar-refractivity contribution in [1.82, 2.24) is 0 Å². The molecule has 1 aliphatic heterocycles. The number of anilines is 1. The van der Waals surface area contributed by atoms with Gasteiger partial charge in [-0.1, -0.05) is 6.07 Å². The van der Waals surface area contributed by atoms with E-state index in [0.29, 0.717) is 5.56 Å². The Morgan fingerprint density at radius 3 is 3.07 bits per heavy atom. The number of carboxylic acid groups (broad SMARTS) is 1. The molecule has 1 aliphatic rings. The van der Waals surface area contributed by atoms with Crippen LogP contribution in [0.3, 0.4) is 0 Å². The minimum atomic E-state index is -0.916. The summed E-state index contributed by atoms with van der Waals surface area (Å²) >= 11 is 0. The van der Waals surface area contributed by atoms with E-state index in [1.165, 1.54) is 0 Å². The van der Waals surface area contributed by atoms with Crippen LogP contribution < -0.4 is 11.1 Å². The Balaban J connectivity index is 2.57. The van der Waals surface area contributed by atoms with Crippen molar-refractivity contribution in [2.45, 2.75) is 12.5 Å². The summed E-state index contributed by atoms with van der Waals surface area (Å²) < 4.78 is 0. The second kappa shape index (κ2) is 3.31. The quantitative estimate of drug-likeness (QED) is 0.625. The van der Waals surface area contributed by atoms with E-state index in [0.717, 1.165) is 24.2 Å². The topological polar surface area (TPSA) is 75.3 Å². The van der Waals surface area contributed by atoms with Crippen molar-refractivity contribution < 1.29 is 9.90 Å². The lowest BCUT2D eigenvalue weighted by Crippen LogP contribution is -2.25. The van der Waals surface area contributed by atoms with E-state index in [2.05, 4.69) is 5.32 Å². The van der Waals surface area contributed by atoms with Gasteiger partial charge in [0, 0.05) is 23.8 Å². The third-order valence-electron chi connectivity index (χ3n) is 2.48. The molecule has 1 atom stereocenters. The van der Waals surface area contributed by atoms with Gasteiger partial charge >= 0.3 is 5.97 Å². The molecule has 0 unspecified atom stereocenters. The predicted octanol–water partition coefficient (Wildman–Crippen LogP) is 1.20. The second-order valence-corrected chi connectivity index (χ2v) is 3.39. The summed E-state index contributed by atoms with van der Waals surface area (Å²) in [5.74, 6) is -0.916. The number of carbonyl (C=O) groups is 1. The zero-order valence-electron chi connectivity index (χ0n) is 7.66. The van der Waals surface area contributed by atoms with Gasteiger partial charge in [0.2, 0.25) is 0 Å². The van der Waals surface area contributed by atoms with Gasteiger partial charge < -0.3 is 16.2 Å². The van der Waals surface area contributed by atoms with Gasteiger partial charge in [0.1, 0.15) is 0 Å². The molecule has 0 amide bonds. The first-order valence-corrected chi connectivity index (χ1v) is 4.56. The largest absolute Gasteiger partial charge is 0.478 e. The molecule has 1 aromatic rings. The summed E-state index contributed by atoms with van der Waals surface area (Å²) in [6.45, 7) is 0.803. The molecule has 1 aromatic carbocycles. The zero-order chi connectivity index (χ0) is 10.1. The van der Waals surface area contributed by atoms with Gasteiger partial charge in [-0.05, 0) is 18.6 Å². The molecule has 0 bridgehead atoms. The number of rotatable bonds is 1. The highest BCUT2D eigenvalue weighted by Gasteiger charge is 2.22. The van der Waals surface area contributed by atoms with Crippen LogP contribution in [0.25, 0.3) is 0 Å². The third-order valence-corrected chi connectivity index (χ3v) is 2.48. The lowest BCUT2D eigenvalue weighted by Gasteiger charge is -2.25. The second-order valence-electron chi connectivity index (χ2n) is 3.39. The van der Waals surface area contributed by atoms with Gasteiger partial charge in [-0.15, -0.1) is 0 Å². The van der Waals surface area contributed by atoms with Crippen LogP contribution in [0.15, 0.2) is 18.2 Å². The van der Waals surface area contributed by atoms with Gasteiger partial charge in [-0.25, -0.2) is 4.79 Å². The molecule has 4 nitrogen and oxygen atoms in total. The average Bonchev–Trinajstić information content (AvgIpc) is 2.17. The highest BCUT2D eigenvalue weighted by atomic mass is 16.4. The molecule has 2 rings (SSSR count). The van der Waals surface area contributed by atoms with Gasteiger partial charge in [-0.2, -0.15) is 0 Å². The molecule has 0 aromatic heterocycles. The van der Waals surface area contributed by atoms with Crippen LogP contribution in [0.2, 0.25) is 0 Å². The Bertz CT molecular complexity index is 376. The van der Waals surface area contributed by atoms with Crippen molar-refractivity contribution in [2.75, 3.05) is 11.9 Å². The molecular formula is C10H12N2O2. The SMILES string of the molecule is N[C@@H]1CCNc2cccc(C(=O)O)c21. The number of hydrogen-bond donors (Lipinski definition) is 3. The number of aromatic carboxylic acids is 1. The molecule has 0 radical (unpaired) electrons. The maximum atomic E-state index is 10.9. The normalized spacial score (nSPS) is 19.6. The first kappa shape index (κ1) is 9.02. The fourth-order valence-corrected chi connectivity index (χ4v) is 1.81. The van der Waals surface area contributed by atoms with Crippen LogP contribution >= 0.6 is 0 Å². The molecule has 74 valence electrons. The highest BCUT2D eigenvalue weighted by Crippen LogP contribution is 2.30. The Morgan fingerprint density at radius 2 is 2.36 bits per heavy atom. The number of fused-ring (bicyclic) bond motifs is 1. The molecule has 0 fully saturated rings. The molecule has 4 N–H and O–H groups in total. The minimum absolute atomic E-state index is 0.168. The van der Waals surface area contributed by atoms with E-state index in [1.807, 2.05) is 6.07 Å². The van der Waals surface area contributed by atoms with Crippen molar-refractivity contribution in [1.29, 1.82) is 0 Å². The molecule has 0 saturated carbocycles. The standard InChI is InChI=1S/C10H12N2O2/c11-7-4-5-12-8-3-1-2-6(9(7)8)10(13)14/h1-3,7,12H,4-5,11H2,(H,13,14)/t7-/m1/s1. The number of benzene rings is 1. The van der Waals surface area contributed by atoms with Crippen LogP contribution in [0, 0.1) is 0 Å². The predicted molar refractivity (Wildman–Crippen MR) is 53.4 cm³/mol. The van der Waals surface area contributed by atoms with E-state index in [4.69, 9.17) is 10.8 Å². The summed E-state index contributed by atoms with van der Waals surface area (Å²) in [7, 11) is 0. The van der Waals surface area contributed by atoms with Gasteiger partial charge in [0.05, 0.1) is 5.56 Å². The van der Waals surface area contributed by atoms with Gasteiger partial charge in [-0.3, -0.25) is 0 Å². The molecule has 14 heavy (non-hydrogen) atoms. The molecule has 0 spiro atoms. The molecule has 0 aliphatic carbocycles. The number of nitrogens with one attached hydrogen (secondary N) is 1. The van der Waals surface area contributed by atoms with E-state index in [-0.39, 0.29) is 6.04 Å². The zero-order valence-corrected chi connectivity index (χ0v) is 7.66. The molecule has 0 saturated heterocycles. The van der Waals surface area contributed by atoms with E-state index in [9.17, 15) is 4.79 Å². The van der Waals surface area contributed by atoms with E-state index < -0.39 is 5.97 Å². The Kier molecular flexibility index (Phi) is 2.13. The average molecular weight is 192 g/mol. The lowest BCUT2D eigenvalue weighted by molar-refractivity contribution is 0.0695. The van der Waals surface area contributed by atoms with Crippen LogP contribution in [-0.2, 0) is 0 Å². The van der Waals surface area contributed by atoms with Gasteiger partial charge in [0.25, 0.3) is 0 Å². The van der Waals surface area contributed by atoms with Crippen molar-refractivity contribution >= 4 is 11.7 Å². The molecule has 1 heterocycles. The Hall–Kier alpha value is -1.55. The lowest BCUT2D eigenvalue weighted by atomic mass is 9.94. The summed E-state index contributed by atoms with van der Waals surface area (Å²) in [6.07, 6.45) is 0.775. The maximum absolute atomic E-state index is 10.9. The van der Waals surface area contributed by atoms with Crippen LogP contribution in [0.1, 0.15) is 28.4 Å². The summed E-state index contributed by atoms with van der Waals surface area (Å²) in [5, 5.41) is 12.1. The first-order chi connectivity index (χ1) is 6.70. The van der Waals surface area contributed by atoms with Crippen molar-refractivity contribution in [3.05, 3.63) is 29.3 Å². The summed E-state index contributed by atoms with van der Waals surface area (Å²) in [6, 6.07) is 5.01. The van der Waals surface area contributed by atoms with E-state index >= 15 is 0 Å². The minimum Gasteiger partial charge on any atom is -0.478 e. The number of nitrogens with two attached hydrogens (primary N) is 1. The van der Waals surface area contributed by atoms with Gasteiger partial charge in [0.15, 0.2) is 0 Å². The smallest absolute Gasteiger partial charge is 0.336 e. The van der Waals surface area contributed by atoms with E-state index in [1.54, 1.807) is 12.1 Å².